The molecule has 4 rings (SSSR count). The molecule has 10 nitrogen and oxygen atoms in total. The average Bonchev–Trinajstić information content (AvgIpc) is 3.34. The highest BCUT2D eigenvalue weighted by Gasteiger charge is 2.24. The zero-order valence-corrected chi connectivity index (χ0v) is 22.1. The Balaban J connectivity index is 1.58. The van der Waals surface area contributed by atoms with E-state index in [4.69, 9.17) is 24.3 Å². The lowest BCUT2D eigenvalue weighted by molar-refractivity contribution is -0.0367. The maximum Gasteiger partial charge on any atom is 0.410 e. The molecule has 0 N–H and O–H groups in total. The van der Waals surface area contributed by atoms with Gasteiger partial charge in [0, 0.05) is 26.1 Å². The Morgan fingerprint density at radius 3 is 2.78 bits per heavy atom. The average molecular weight is 497 g/mol. The number of nitrogens with zero attached hydrogens (tertiary/aromatic N) is 6. The predicted molar refractivity (Wildman–Crippen MR) is 138 cm³/mol. The minimum absolute atomic E-state index is 0.0939. The van der Waals surface area contributed by atoms with Crippen LogP contribution >= 0.6 is 0 Å². The molecular formula is C26H36N6O4. The van der Waals surface area contributed by atoms with Crippen molar-refractivity contribution in [3.63, 3.8) is 0 Å². The SMILES string of the molecule is C=Cc1nn(C2CCCCO2)c2cnc(-c3c(C)nn(C)c3OCCN(C)C(=O)OC(C)(C)C)cc12. The van der Waals surface area contributed by atoms with E-state index in [-0.39, 0.29) is 12.8 Å². The summed E-state index contributed by atoms with van der Waals surface area (Å²) in [5.41, 5.74) is 3.47. The number of aryl methyl sites for hydroxylation is 2. The first kappa shape index (κ1) is 25.7. The molecule has 0 aliphatic carbocycles. The molecule has 0 saturated carbocycles. The van der Waals surface area contributed by atoms with Gasteiger partial charge >= 0.3 is 6.09 Å². The first-order valence-corrected chi connectivity index (χ1v) is 12.3. The number of hydrogen-bond donors (Lipinski definition) is 0. The van der Waals surface area contributed by atoms with Gasteiger partial charge in [-0.05, 0) is 59.1 Å². The van der Waals surface area contributed by atoms with Crippen molar-refractivity contribution in [3.8, 4) is 17.1 Å². The molecule has 36 heavy (non-hydrogen) atoms. The third-order valence-corrected chi connectivity index (χ3v) is 6.04. The summed E-state index contributed by atoms with van der Waals surface area (Å²) in [5, 5.41) is 10.3. The van der Waals surface area contributed by atoms with Crippen LogP contribution in [0, 0.1) is 6.92 Å². The Hall–Kier alpha value is -3.40. The van der Waals surface area contributed by atoms with Gasteiger partial charge in [0.15, 0.2) is 6.23 Å². The minimum atomic E-state index is -0.552. The van der Waals surface area contributed by atoms with Crippen molar-refractivity contribution in [2.24, 2.45) is 7.05 Å². The Bertz CT molecular complexity index is 1250. The van der Waals surface area contributed by atoms with Crippen molar-refractivity contribution >= 4 is 23.1 Å². The Morgan fingerprint density at radius 2 is 2.11 bits per heavy atom. The highest BCUT2D eigenvalue weighted by Crippen LogP contribution is 2.35. The van der Waals surface area contributed by atoms with Crippen molar-refractivity contribution in [2.75, 3.05) is 26.8 Å². The molecule has 1 saturated heterocycles. The second-order valence-electron chi connectivity index (χ2n) is 10.1. The molecule has 1 atom stereocenters. The van der Waals surface area contributed by atoms with Crippen molar-refractivity contribution in [1.82, 2.24) is 29.4 Å². The predicted octanol–water partition coefficient (Wildman–Crippen LogP) is 4.73. The number of pyridine rings is 1. The van der Waals surface area contributed by atoms with Crippen LogP contribution in [0.15, 0.2) is 18.8 Å². The number of likely N-dealkylation sites (N-methyl/N-ethyl adjacent to an activating group) is 1. The molecule has 0 aromatic carbocycles. The molecule has 0 radical (unpaired) electrons. The second-order valence-corrected chi connectivity index (χ2v) is 10.1. The third kappa shape index (κ3) is 5.38. The monoisotopic (exact) mass is 496 g/mol. The summed E-state index contributed by atoms with van der Waals surface area (Å²) in [7, 11) is 3.52. The summed E-state index contributed by atoms with van der Waals surface area (Å²) in [6, 6.07) is 2.00. The zero-order chi connectivity index (χ0) is 26.0. The number of aromatic nitrogens is 5. The first-order valence-electron chi connectivity index (χ1n) is 12.3. The maximum atomic E-state index is 12.3. The number of hydrogen-bond acceptors (Lipinski definition) is 7. The van der Waals surface area contributed by atoms with Crippen LogP contribution in [-0.2, 0) is 16.5 Å². The normalized spacial score (nSPS) is 16.2. The number of rotatable bonds is 7. The van der Waals surface area contributed by atoms with Gasteiger partial charge in [-0.3, -0.25) is 4.98 Å². The van der Waals surface area contributed by atoms with E-state index in [0.717, 1.165) is 59.4 Å². The Kier molecular flexibility index (Phi) is 7.35. The van der Waals surface area contributed by atoms with Crippen LogP contribution < -0.4 is 4.74 Å². The summed E-state index contributed by atoms with van der Waals surface area (Å²) in [6.45, 7) is 12.8. The van der Waals surface area contributed by atoms with Gasteiger partial charge in [0.2, 0.25) is 5.88 Å². The molecule has 1 unspecified atom stereocenters. The molecule has 3 aromatic rings. The maximum absolute atomic E-state index is 12.3. The Labute approximate surface area is 211 Å². The van der Waals surface area contributed by atoms with Crippen molar-refractivity contribution in [3.05, 3.63) is 30.2 Å². The molecule has 0 spiro atoms. The lowest BCUT2D eigenvalue weighted by Crippen LogP contribution is -2.36. The molecule has 1 amide bonds. The summed E-state index contributed by atoms with van der Waals surface area (Å²) in [6.07, 6.45) is 6.20. The molecule has 1 aliphatic heterocycles. The fourth-order valence-corrected chi connectivity index (χ4v) is 4.29. The summed E-state index contributed by atoms with van der Waals surface area (Å²) in [4.78, 5) is 18.5. The molecule has 3 aromatic heterocycles. The van der Waals surface area contributed by atoms with Gasteiger partial charge in [0.1, 0.15) is 12.2 Å². The van der Waals surface area contributed by atoms with Crippen LogP contribution in [0.5, 0.6) is 5.88 Å². The fourth-order valence-electron chi connectivity index (χ4n) is 4.29. The molecule has 4 heterocycles. The minimum Gasteiger partial charge on any atom is -0.475 e. The number of carbonyl (C=O) groups is 1. The van der Waals surface area contributed by atoms with Gasteiger partial charge in [0.05, 0.1) is 40.9 Å². The van der Waals surface area contributed by atoms with Gasteiger partial charge in [0.25, 0.3) is 0 Å². The van der Waals surface area contributed by atoms with Crippen LogP contribution in [0.4, 0.5) is 4.79 Å². The van der Waals surface area contributed by atoms with E-state index >= 15 is 0 Å². The summed E-state index contributed by atoms with van der Waals surface area (Å²) in [5.74, 6) is 0.583. The highest BCUT2D eigenvalue weighted by atomic mass is 16.6. The topological polar surface area (TPSA) is 96.5 Å². The molecular weight excluding hydrogens is 460 g/mol. The van der Waals surface area contributed by atoms with E-state index in [9.17, 15) is 4.79 Å². The lowest BCUT2D eigenvalue weighted by atomic mass is 10.1. The van der Waals surface area contributed by atoms with Crippen molar-refractivity contribution in [2.45, 2.75) is 58.8 Å². The largest absolute Gasteiger partial charge is 0.475 e. The van der Waals surface area contributed by atoms with E-state index in [2.05, 4.69) is 11.7 Å². The number of amides is 1. The van der Waals surface area contributed by atoms with Crippen LogP contribution in [0.2, 0.25) is 0 Å². The highest BCUT2D eigenvalue weighted by molar-refractivity contribution is 5.90. The number of fused-ring (bicyclic) bond motifs is 1. The number of ether oxygens (including phenoxy) is 3. The molecule has 1 fully saturated rings. The van der Waals surface area contributed by atoms with E-state index in [0.29, 0.717) is 12.4 Å². The number of carbonyl (C=O) groups excluding carboxylic acids is 1. The van der Waals surface area contributed by atoms with Gasteiger partial charge in [-0.15, -0.1) is 0 Å². The quantitative estimate of drug-likeness (QED) is 0.467. The standard InChI is InChI=1S/C26H36N6O4/c1-8-19-18-15-20(27-16-21(18)32(29-19)22-11-9-10-13-34-22)23-17(2)28-31(7)24(23)35-14-12-30(6)25(33)36-26(3,4)5/h8,15-16,22H,1,9-14H2,2-7H3. The third-order valence-electron chi connectivity index (χ3n) is 6.04. The fraction of sp³-hybridized carbons (Fsp3) is 0.538. The van der Waals surface area contributed by atoms with E-state index in [1.807, 2.05) is 51.7 Å². The lowest BCUT2D eigenvalue weighted by Gasteiger charge is -2.24. The van der Waals surface area contributed by atoms with Gasteiger partial charge in [-0.25, -0.2) is 14.2 Å². The van der Waals surface area contributed by atoms with Gasteiger partial charge in [-0.1, -0.05) is 6.58 Å². The van der Waals surface area contributed by atoms with E-state index < -0.39 is 11.7 Å². The zero-order valence-electron chi connectivity index (χ0n) is 22.1. The Morgan fingerprint density at radius 1 is 1.33 bits per heavy atom. The molecule has 1 aliphatic rings. The van der Waals surface area contributed by atoms with Crippen molar-refractivity contribution in [1.29, 1.82) is 0 Å². The van der Waals surface area contributed by atoms with Crippen LogP contribution in [0.25, 0.3) is 28.2 Å². The summed E-state index contributed by atoms with van der Waals surface area (Å²) >= 11 is 0. The van der Waals surface area contributed by atoms with Crippen LogP contribution in [0.1, 0.15) is 57.6 Å². The molecule has 10 heteroatoms. The van der Waals surface area contributed by atoms with Gasteiger partial charge in [-0.2, -0.15) is 10.2 Å². The van der Waals surface area contributed by atoms with E-state index in [1.54, 1.807) is 17.8 Å². The molecule has 194 valence electrons. The first-order chi connectivity index (χ1) is 17.1. The molecule has 0 bridgehead atoms. The van der Waals surface area contributed by atoms with Crippen LogP contribution in [0.3, 0.4) is 0 Å². The van der Waals surface area contributed by atoms with Crippen LogP contribution in [-0.4, -0.2) is 67.9 Å². The second kappa shape index (κ2) is 10.3. The smallest absolute Gasteiger partial charge is 0.410 e. The van der Waals surface area contributed by atoms with Crippen molar-refractivity contribution < 1.29 is 19.0 Å². The summed E-state index contributed by atoms with van der Waals surface area (Å²) < 4.78 is 21.1. The van der Waals surface area contributed by atoms with E-state index in [1.165, 1.54) is 4.90 Å². The van der Waals surface area contributed by atoms with Gasteiger partial charge < -0.3 is 19.1 Å².